The number of allylic oxidation sites excluding steroid dienone is 1. The van der Waals surface area contributed by atoms with Gasteiger partial charge in [0.05, 0.1) is 0 Å². The molecule has 13 heavy (non-hydrogen) atoms. The molecule has 1 nitrogen and oxygen atoms in total. The van der Waals surface area contributed by atoms with Gasteiger partial charge >= 0.3 is 0 Å². The molecule has 0 bridgehead atoms. The molecule has 0 spiro atoms. The van der Waals surface area contributed by atoms with E-state index in [9.17, 15) is 0 Å². The molecule has 1 N–H and O–H groups in total. The van der Waals surface area contributed by atoms with Gasteiger partial charge in [-0.25, -0.2) is 0 Å². The van der Waals surface area contributed by atoms with Crippen LogP contribution in [0.25, 0.3) is 6.08 Å². The Hall–Kier alpha value is -1.24. The molecular formula is C12H16O. The zero-order valence-electron chi connectivity index (χ0n) is 8.41. The largest absolute Gasteiger partial charge is 0.508 e. The van der Waals surface area contributed by atoms with E-state index in [1.54, 1.807) is 12.1 Å². The molecule has 0 aliphatic rings. The molecule has 1 aromatic rings. The van der Waals surface area contributed by atoms with E-state index in [0.29, 0.717) is 11.7 Å². The lowest BCUT2D eigenvalue weighted by atomic mass is 10.0. The molecule has 0 fully saturated rings. The Labute approximate surface area is 79.7 Å². The summed E-state index contributed by atoms with van der Waals surface area (Å²) in [4.78, 5) is 0. The first kappa shape index (κ1) is 9.85. The molecule has 0 aromatic heterocycles. The van der Waals surface area contributed by atoms with Gasteiger partial charge in [0, 0.05) is 0 Å². The zero-order chi connectivity index (χ0) is 9.84. The maximum absolute atomic E-state index is 9.08. The molecule has 0 aliphatic heterocycles. The summed E-state index contributed by atoms with van der Waals surface area (Å²) in [5.74, 6) is 0.896. The average molecular weight is 176 g/mol. The van der Waals surface area contributed by atoms with Crippen LogP contribution in [0.2, 0.25) is 0 Å². The lowest BCUT2D eigenvalue weighted by Crippen LogP contribution is -1.87. The molecule has 70 valence electrons. The highest BCUT2D eigenvalue weighted by atomic mass is 16.3. The summed E-state index contributed by atoms with van der Waals surface area (Å²) in [6.07, 6.45) is 2.14. The molecule has 0 radical (unpaired) electrons. The van der Waals surface area contributed by atoms with E-state index < -0.39 is 0 Å². The van der Waals surface area contributed by atoms with Gasteiger partial charge in [-0.2, -0.15) is 0 Å². The van der Waals surface area contributed by atoms with Crippen LogP contribution < -0.4 is 0 Å². The van der Waals surface area contributed by atoms with Crippen molar-refractivity contribution in [1.82, 2.24) is 0 Å². The number of hydrogen-bond donors (Lipinski definition) is 1. The monoisotopic (exact) mass is 176 g/mol. The van der Waals surface area contributed by atoms with Crippen LogP contribution in [-0.2, 0) is 0 Å². The Morgan fingerprint density at radius 2 is 1.77 bits per heavy atom. The van der Waals surface area contributed by atoms with Crippen molar-refractivity contribution in [2.75, 3.05) is 0 Å². The summed E-state index contributed by atoms with van der Waals surface area (Å²) in [6.45, 7) is 6.47. The number of phenolic OH excluding ortho intramolecular Hbond substituents is 1. The number of benzene rings is 1. The number of hydrogen-bond acceptors (Lipinski definition) is 1. The summed E-state index contributed by atoms with van der Waals surface area (Å²) >= 11 is 0. The quantitative estimate of drug-likeness (QED) is 0.731. The molecule has 0 saturated heterocycles. The minimum absolute atomic E-state index is 0.319. The van der Waals surface area contributed by atoms with Crippen molar-refractivity contribution in [3.63, 3.8) is 0 Å². The van der Waals surface area contributed by atoms with E-state index in [1.165, 1.54) is 5.57 Å². The van der Waals surface area contributed by atoms with Crippen molar-refractivity contribution >= 4 is 6.08 Å². The third-order valence-electron chi connectivity index (χ3n) is 2.20. The Morgan fingerprint density at radius 3 is 2.23 bits per heavy atom. The Morgan fingerprint density at radius 1 is 1.23 bits per heavy atom. The molecule has 0 unspecified atom stereocenters. The summed E-state index contributed by atoms with van der Waals surface area (Å²) in [5.41, 5.74) is 2.50. The van der Waals surface area contributed by atoms with Crippen LogP contribution in [0.15, 0.2) is 29.8 Å². The molecule has 1 aromatic carbocycles. The molecule has 0 saturated carbocycles. The number of aromatic hydroxyl groups is 1. The molecule has 1 rings (SSSR count). The zero-order valence-corrected chi connectivity index (χ0v) is 8.41. The smallest absolute Gasteiger partial charge is 0.115 e. The van der Waals surface area contributed by atoms with E-state index >= 15 is 0 Å². The van der Waals surface area contributed by atoms with Gasteiger partial charge in [0.1, 0.15) is 5.75 Å². The maximum atomic E-state index is 9.08. The predicted molar refractivity (Wildman–Crippen MR) is 56.6 cm³/mol. The number of rotatable bonds is 2. The van der Waals surface area contributed by atoms with E-state index in [0.717, 1.165) is 5.56 Å². The SMILES string of the molecule is C/C(=C\c1ccc(O)cc1)C(C)C. The van der Waals surface area contributed by atoms with Crippen LogP contribution in [0.3, 0.4) is 0 Å². The Balaban J connectivity index is 2.85. The summed E-state index contributed by atoms with van der Waals surface area (Å²) < 4.78 is 0. The molecule has 1 heteroatoms. The van der Waals surface area contributed by atoms with E-state index in [1.807, 2.05) is 12.1 Å². The first-order valence-corrected chi connectivity index (χ1v) is 4.57. The van der Waals surface area contributed by atoms with Crippen molar-refractivity contribution in [1.29, 1.82) is 0 Å². The topological polar surface area (TPSA) is 20.2 Å². The van der Waals surface area contributed by atoms with Gasteiger partial charge in [-0.05, 0) is 30.5 Å². The molecule has 0 atom stereocenters. The molecule has 0 amide bonds. The van der Waals surface area contributed by atoms with Crippen LogP contribution in [0.4, 0.5) is 0 Å². The van der Waals surface area contributed by atoms with Gasteiger partial charge in [0.2, 0.25) is 0 Å². The minimum Gasteiger partial charge on any atom is -0.508 e. The van der Waals surface area contributed by atoms with Gasteiger partial charge in [-0.15, -0.1) is 0 Å². The fourth-order valence-electron chi connectivity index (χ4n) is 1.00. The standard InChI is InChI=1S/C12H16O/c1-9(2)10(3)8-11-4-6-12(13)7-5-11/h4-9,13H,1-3H3/b10-8+. The van der Waals surface area contributed by atoms with Crippen molar-refractivity contribution in [2.24, 2.45) is 5.92 Å². The number of phenols is 1. The highest BCUT2D eigenvalue weighted by Crippen LogP contribution is 2.16. The van der Waals surface area contributed by atoms with Crippen LogP contribution in [0.5, 0.6) is 5.75 Å². The van der Waals surface area contributed by atoms with Crippen LogP contribution in [0, 0.1) is 5.92 Å². The van der Waals surface area contributed by atoms with E-state index in [4.69, 9.17) is 5.11 Å². The lowest BCUT2D eigenvalue weighted by molar-refractivity contribution is 0.475. The average Bonchev–Trinajstić information content (AvgIpc) is 2.08. The second-order valence-corrected chi connectivity index (χ2v) is 3.63. The van der Waals surface area contributed by atoms with Gasteiger partial charge in [0.25, 0.3) is 0 Å². The lowest BCUT2D eigenvalue weighted by Gasteiger charge is -2.04. The summed E-state index contributed by atoms with van der Waals surface area (Å²) in [5, 5.41) is 9.08. The Bertz CT molecular complexity index is 293. The Kier molecular flexibility index (Phi) is 3.13. The van der Waals surface area contributed by atoms with Gasteiger partial charge in [-0.1, -0.05) is 37.6 Å². The van der Waals surface area contributed by atoms with Crippen LogP contribution in [0.1, 0.15) is 26.3 Å². The van der Waals surface area contributed by atoms with Crippen molar-refractivity contribution in [3.05, 3.63) is 35.4 Å². The molecule has 0 heterocycles. The van der Waals surface area contributed by atoms with Crippen molar-refractivity contribution < 1.29 is 5.11 Å². The first-order chi connectivity index (χ1) is 6.09. The van der Waals surface area contributed by atoms with Crippen molar-refractivity contribution in [3.8, 4) is 5.75 Å². The van der Waals surface area contributed by atoms with Crippen LogP contribution in [-0.4, -0.2) is 5.11 Å². The second-order valence-electron chi connectivity index (χ2n) is 3.63. The minimum atomic E-state index is 0.319. The molecule has 0 aliphatic carbocycles. The van der Waals surface area contributed by atoms with Crippen molar-refractivity contribution in [2.45, 2.75) is 20.8 Å². The highest BCUT2D eigenvalue weighted by molar-refractivity contribution is 5.53. The van der Waals surface area contributed by atoms with Gasteiger partial charge in [0.15, 0.2) is 0 Å². The third kappa shape index (κ3) is 2.94. The van der Waals surface area contributed by atoms with Gasteiger partial charge in [-0.3, -0.25) is 0 Å². The highest BCUT2D eigenvalue weighted by Gasteiger charge is 1.96. The summed E-state index contributed by atoms with van der Waals surface area (Å²) in [6, 6.07) is 7.25. The van der Waals surface area contributed by atoms with E-state index in [-0.39, 0.29) is 0 Å². The first-order valence-electron chi connectivity index (χ1n) is 4.57. The maximum Gasteiger partial charge on any atom is 0.115 e. The third-order valence-corrected chi connectivity index (χ3v) is 2.20. The predicted octanol–water partition coefficient (Wildman–Crippen LogP) is 3.45. The summed E-state index contributed by atoms with van der Waals surface area (Å²) in [7, 11) is 0. The van der Waals surface area contributed by atoms with E-state index in [2.05, 4.69) is 26.8 Å². The fourth-order valence-corrected chi connectivity index (χ4v) is 1.00. The fraction of sp³-hybridized carbons (Fsp3) is 0.333. The van der Waals surface area contributed by atoms with Crippen LogP contribution >= 0.6 is 0 Å². The van der Waals surface area contributed by atoms with Gasteiger partial charge < -0.3 is 5.11 Å². The molecular weight excluding hydrogens is 160 g/mol. The second kappa shape index (κ2) is 4.13. The normalized spacial score (nSPS) is 12.2.